The minimum Gasteiger partial charge on any atom is -0.455 e. The molecule has 0 spiro atoms. The van der Waals surface area contributed by atoms with Crippen LogP contribution < -0.4 is 0 Å². The number of aromatic nitrogens is 1. The van der Waals surface area contributed by atoms with E-state index >= 15 is 0 Å². The van der Waals surface area contributed by atoms with Gasteiger partial charge < -0.3 is 9.40 Å². The maximum Gasteiger partial charge on any atom is 0.145 e. The predicted octanol–water partition coefficient (Wildman–Crippen LogP) is 5.09. The Kier molecular flexibility index (Phi) is 2.02. The van der Waals surface area contributed by atoms with Crippen LogP contribution in [-0.4, -0.2) is 4.98 Å². The smallest absolute Gasteiger partial charge is 0.145 e. The Morgan fingerprint density at radius 1 is 0.864 bits per heavy atom. The third kappa shape index (κ3) is 1.34. The van der Waals surface area contributed by atoms with Gasteiger partial charge in [-0.2, -0.15) is 5.26 Å². The maximum atomic E-state index is 9.10. The van der Waals surface area contributed by atoms with E-state index < -0.39 is 0 Å². The molecular formula is C19H10N2O. The number of H-pyrrole nitrogens is 1. The van der Waals surface area contributed by atoms with Gasteiger partial charge in [0.2, 0.25) is 0 Å². The molecule has 0 radical (unpaired) electrons. The standard InChI is InChI=1S/C19H10N2O/c20-10-11-5-8-17-14(9-11)12-6-7-16-18(19(12)22-17)13-3-1-2-4-15(13)21-16/h1-9,21H. The van der Waals surface area contributed by atoms with E-state index in [0.717, 1.165) is 43.7 Å². The molecule has 0 amide bonds. The Bertz CT molecular complexity index is 1230. The molecule has 0 saturated heterocycles. The van der Waals surface area contributed by atoms with Crippen LogP contribution in [0.15, 0.2) is 59.0 Å². The van der Waals surface area contributed by atoms with Gasteiger partial charge in [-0.1, -0.05) is 18.2 Å². The van der Waals surface area contributed by atoms with Crippen molar-refractivity contribution in [2.24, 2.45) is 0 Å². The fourth-order valence-corrected chi connectivity index (χ4v) is 3.24. The summed E-state index contributed by atoms with van der Waals surface area (Å²) in [4.78, 5) is 3.42. The summed E-state index contributed by atoms with van der Waals surface area (Å²) in [6.07, 6.45) is 0. The molecule has 22 heavy (non-hydrogen) atoms. The fraction of sp³-hybridized carbons (Fsp3) is 0. The van der Waals surface area contributed by atoms with Crippen molar-refractivity contribution < 1.29 is 4.42 Å². The minimum atomic E-state index is 0.647. The molecule has 102 valence electrons. The van der Waals surface area contributed by atoms with Gasteiger partial charge >= 0.3 is 0 Å². The first-order valence-electron chi connectivity index (χ1n) is 7.11. The summed E-state index contributed by atoms with van der Waals surface area (Å²) >= 11 is 0. The van der Waals surface area contributed by atoms with Crippen molar-refractivity contribution in [3.05, 3.63) is 60.2 Å². The molecule has 0 aliphatic heterocycles. The number of para-hydroxylation sites is 1. The molecule has 0 aliphatic rings. The Morgan fingerprint density at radius 3 is 2.68 bits per heavy atom. The normalized spacial score (nSPS) is 11.6. The van der Waals surface area contributed by atoms with E-state index in [1.165, 1.54) is 0 Å². The zero-order valence-electron chi connectivity index (χ0n) is 11.6. The highest BCUT2D eigenvalue weighted by molar-refractivity contribution is 6.22. The Labute approximate surface area is 125 Å². The second-order valence-corrected chi connectivity index (χ2v) is 5.46. The maximum absolute atomic E-state index is 9.10. The largest absolute Gasteiger partial charge is 0.455 e. The van der Waals surface area contributed by atoms with Gasteiger partial charge in [0.25, 0.3) is 0 Å². The van der Waals surface area contributed by atoms with Crippen LogP contribution in [0.5, 0.6) is 0 Å². The van der Waals surface area contributed by atoms with Gasteiger partial charge in [0.05, 0.1) is 22.5 Å². The summed E-state index contributed by atoms with van der Waals surface area (Å²) in [6.45, 7) is 0. The van der Waals surface area contributed by atoms with Crippen LogP contribution in [0.1, 0.15) is 5.56 Å². The Morgan fingerprint density at radius 2 is 1.77 bits per heavy atom. The summed E-state index contributed by atoms with van der Waals surface area (Å²) in [5.74, 6) is 0. The lowest BCUT2D eigenvalue weighted by atomic mass is 10.1. The van der Waals surface area contributed by atoms with E-state index in [9.17, 15) is 0 Å². The first-order chi connectivity index (χ1) is 10.8. The van der Waals surface area contributed by atoms with Gasteiger partial charge in [0.15, 0.2) is 0 Å². The first-order valence-corrected chi connectivity index (χ1v) is 7.11. The molecule has 3 aromatic carbocycles. The molecule has 0 atom stereocenters. The SMILES string of the molecule is N#Cc1ccc2oc3c(ccc4[nH]c5ccccc5c43)c2c1. The number of nitrogens with one attached hydrogen (secondary N) is 1. The number of aromatic amines is 1. The summed E-state index contributed by atoms with van der Waals surface area (Å²) in [6, 6.07) is 20.1. The van der Waals surface area contributed by atoms with Crippen molar-refractivity contribution in [3.8, 4) is 6.07 Å². The highest BCUT2D eigenvalue weighted by Crippen LogP contribution is 2.37. The van der Waals surface area contributed by atoms with E-state index in [-0.39, 0.29) is 0 Å². The number of benzene rings is 3. The average Bonchev–Trinajstić information content (AvgIpc) is 3.11. The molecule has 0 unspecified atom stereocenters. The van der Waals surface area contributed by atoms with Gasteiger partial charge in [-0.15, -0.1) is 0 Å². The Balaban J connectivity index is 2.06. The zero-order chi connectivity index (χ0) is 14.7. The van der Waals surface area contributed by atoms with E-state index in [0.29, 0.717) is 5.56 Å². The Hall–Kier alpha value is -3.25. The molecule has 2 aromatic heterocycles. The molecule has 5 rings (SSSR count). The predicted molar refractivity (Wildman–Crippen MR) is 87.8 cm³/mol. The number of fused-ring (bicyclic) bond motifs is 7. The quantitative estimate of drug-likeness (QED) is 0.430. The van der Waals surface area contributed by atoms with E-state index in [2.05, 4.69) is 35.3 Å². The van der Waals surface area contributed by atoms with Crippen LogP contribution in [0.25, 0.3) is 43.7 Å². The van der Waals surface area contributed by atoms with Gasteiger partial charge in [-0.25, -0.2) is 0 Å². The number of hydrogen-bond donors (Lipinski definition) is 1. The number of furan rings is 1. The summed E-state index contributed by atoms with van der Waals surface area (Å²) in [7, 11) is 0. The second-order valence-electron chi connectivity index (χ2n) is 5.46. The molecule has 3 nitrogen and oxygen atoms in total. The average molecular weight is 282 g/mol. The summed E-state index contributed by atoms with van der Waals surface area (Å²) < 4.78 is 6.10. The van der Waals surface area contributed by atoms with Crippen LogP contribution >= 0.6 is 0 Å². The minimum absolute atomic E-state index is 0.647. The van der Waals surface area contributed by atoms with Gasteiger partial charge in [0.1, 0.15) is 11.2 Å². The van der Waals surface area contributed by atoms with Crippen molar-refractivity contribution in [3.63, 3.8) is 0 Å². The fourth-order valence-electron chi connectivity index (χ4n) is 3.24. The summed E-state index contributed by atoms with van der Waals surface area (Å²) in [5.41, 5.74) is 4.50. The lowest BCUT2D eigenvalue weighted by Crippen LogP contribution is -1.73. The molecule has 0 bridgehead atoms. The second kappa shape index (κ2) is 3.90. The summed E-state index contributed by atoms with van der Waals surface area (Å²) in [5, 5.41) is 13.4. The lowest BCUT2D eigenvalue weighted by molar-refractivity contribution is 0.673. The number of nitriles is 1. The van der Waals surface area contributed by atoms with Crippen LogP contribution in [0, 0.1) is 11.3 Å². The number of hydrogen-bond acceptors (Lipinski definition) is 2. The molecule has 0 aliphatic carbocycles. The number of nitrogens with zero attached hydrogens (tertiary/aromatic N) is 1. The van der Waals surface area contributed by atoms with Crippen LogP contribution in [0.2, 0.25) is 0 Å². The van der Waals surface area contributed by atoms with Crippen molar-refractivity contribution in [1.82, 2.24) is 4.98 Å². The third-order valence-electron chi connectivity index (χ3n) is 4.23. The highest BCUT2D eigenvalue weighted by Gasteiger charge is 2.14. The molecule has 5 aromatic rings. The van der Waals surface area contributed by atoms with Crippen molar-refractivity contribution in [1.29, 1.82) is 5.26 Å². The van der Waals surface area contributed by atoms with Gasteiger partial charge in [-0.3, -0.25) is 0 Å². The molecule has 0 fully saturated rings. The van der Waals surface area contributed by atoms with Gasteiger partial charge in [0, 0.05) is 21.7 Å². The monoisotopic (exact) mass is 282 g/mol. The van der Waals surface area contributed by atoms with Crippen LogP contribution in [0.3, 0.4) is 0 Å². The van der Waals surface area contributed by atoms with Crippen molar-refractivity contribution in [2.75, 3.05) is 0 Å². The van der Waals surface area contributed by atoms with E-state index in [1.54, 1.807) is 6.07 Å². The van der Waals surface area contributed by atoms with Crippen LogP contribution in [-0.2, 0) is 0 Å². The van der Waals surface area contributed by atoms with Gasteiger partial charge in [-0.05, 0) is 36.4 Å². The third-order valence-corrected chi connectivity index (χ3v) is 4.23. The van der Waals surface area contributed by atoms with E-state index in [1.807, 2.05) is 24.3 Å². The molecule has 0 saturated carbocycles. The molecule has 3 heteroatoms. The lowest BCUT2D eigenvalue weighted by Gasteiger charge is -1.93. The van der Waals surface area contributed by atoms with Crippen LogP contribution in [0.4, 0.5) is 0 Å². The zero-order valence-corrected chi connectivity index (χ0v) is 11.6. The molecule has 2 heterocycles. The number of rotatable bonds is 0. The molecule has 1 N–H and O–H groups in total. The topological polar surface area (TPSA) is 52.7 Å². The van der Waals surface area contributed by atoms with E-state index in [4.69, 9.17) is 9.68 Å². The first kappa shape index (κ1) is 11.4. The van der Waals surface area contributed by atoms with Crippen molar-refractivity contribution >= 4 is 43.7 Å². The van der Waals surface area contributed by atoms with Crippen molar-refractivity contribution in [2.45, 2.75) is 0 Å². The molecular weight excluding hydrogens is 272 g/mol. The highest BCUT2D eigenvalue weighted by atomic mass is 16.3.